The molecule has 2 heterocycles. The molecular weight excluding hydrogens is 328 g/mol. The minimum Gasteiger partial charge on any atom is -0.497 e. The second kappa shape index (κ2) is 7.76. The van der Waals surface area contributed by atoms with Crippen molar-refractivity contribution >= 4 is 0 Å². The van der Waals surface area contributed by atoms with Crippen molar-refractivity contribution in [1.29, 1.82) is 0 Å². The van der Waals surface area contributed by atoms with E-state index in [2.05, 4.69) is 26.6 Å². The van der Waals surface area contributed by atoms with Gasteiger partial charge in [-0.1, -0.05) is 19.1 Å². The number of likely N-dealkylation sites (tertiary alicyclic amines) is 1. The fourth-order valence-corrected chi connectivity index (χ4v) is 4.01. The van der Waals surface area contributed by atoms with E-state index in [1.54, 1.807) is 7.11 Å². The fraction of sp³-hybridized carbons (Fsp3) is 0.600. The first-order chi connectivity index (χ1) is 12.5. The van der Waals surface area contributed by atoms with Gasteiger partial charge in [-0.05, 0) is 57.4 Å². The van der Waals surface area contributed by atoms with Crippen LogP contribution in [0, 0.1) is 6.92 Å². The lowest BCUT2D eigenvalue weighted by Gasteiger charge is -2.37. The van der Waals surface area contributed by atoms with Crippen molar-refractivity contribution < 1.29 is 9.84 Å². The van der Waals surface area contributed by atoms with Crippen molar-refractivity contribution in [3.63, 3.8) is 0 Å². The van der Waals surface area contributed by atoms with E-state index in [-0.39, 0.29) is 6.04 Å². The van der Waals surface area contributed by atoms with Crippen LogP contribution in [0.3, 0.4) is 0 Å². The molecule has 26 heavy (non-hydrogen) atoms. The third-order valence-corrected chi connectivity index (χ3v) is 5.49. The quantitative estimate of drug-likeness (QED) is 0.824. The molecule has 2 aromatic rings. The van der Waals surface area contributed by atoms with E-state index in [1.165, 1.54) is 0 Å². The van der Waals surface area contributed by atoms with Gasteiger partial charge in [-0.2, -0.15) is 0 Å². The topological polar surface area (TPSA) is 63.4 Å². The average molecular weight is 358 g/mol. The van der Waals surface area contributed by atoms with Crippen LogP contribution in [0.15, 0.2) is 24.3 Å². The second-order valence-corrected chi connectivity index (χ2v) is 7.32. The molecular formula is C20H30N4O2. The fourth-order valence-electron chi connectivity index (χ4n) is 4.01. The lowest BCUT2D eigenvalue weighted by Crippen LogP contribution is -2.45. The van der Waals surface area contributed by atoms with Gasteiger partial charge in [-0.3, -0.25) is 4.90 Å². The van der Waals surface area contributed by atoms with Gasteiger partial charge in [0.1, 0.15) is 23.0 Å². The van der Waals surface area contributed by atoms with Crippen LogP contribution in [0.1, 0.15) is 50.3 Å². The van der Waals surface area contributed by atoms with Crippen molar-refractivity contribution in [1.82, 2.24) is 19.7 Å². The van der Waals surface area contributed by atoms with E-state index in [9.17, 15) is 5.11 Å². The molecule has 1 N–H and O–H groups in total. The highest BCUT2D eigenvalue weighted by molar-refractivity contribution is 5.31. The molecule has 0 aliphatic carbocycles. The number of rotatable bonds is 7. The van der Waals surface area contributed by atoms with Gasteiger partial charge in [-0.15, -0.1) is 10.2 Å². The zero-order valence-electron chi connectivity index (χ0n) is 16.3. The maximum Gasteiger partial charge on any atom is 0.147 e. The summed E-state index contributed by atoms with van der Waals surface area (Å²) in [7, 11) is 1.65. The molecule has 3 rings (SSSR count). The zero-order chi connectivity index (χ0) is 18.7. The number of methoxy groups -OCH3 is 1. The third-order valence-electron chi connectivity index (χ3n) is 5.49. The molecule has 0 radical (unpaired) electrons. The Morgan fingerprint density at radius 2 is 2.00 bits per heavy atom. The highest BCUT2D eigenvalue weighted by Crippen LogP contribution is 2.36. The van der Waals surface area contributed by atoms with Gasteiger partial charge >= 0.3 is 0 Å². The molecule has 142 valence electrons. The summed E-state index contributed by atoms with van der Waals surface area (Å²) in [5.74, 6) is 2.75. The summed E-state index contributed by atoms with van der Waals surface area (Å²) in [6.07, 6.45) is 3.11. The second-order valence-electron chi connectivity index (χ2n) is 7.32. The summed E-state index contributed by atoms with van der Waals surface area (Å²) in [5.41, 5.74) is -0.00522. The molecule has 1 saturated heterocycles. The van der Waals surface area contributed by atoms with Crippen LogP contribution in [-0.2, 0) is 18.7 Å². The number of nitrogens with zero attached hydrogens (tertiary/aromatic N) is 4. The Kier molecular flexibility index (Phi) is 5.63. The Balaban J connectivity index is 1.80. The SMILES string of the molecule is CCCn1c(C)nnc1CN1CCC[C@@H]1[C@](C)(O)c1ccc(OC)cc1. The van der Waals surface area contributed by atoms with Gasteiger partial charge in [0, 0.05) is 12.6 Å². The maximum atomic E-state index is 11.4. The molecule has 1 aromatic heterocycles. The molecule has 6 heteroatoms. The van der Waals surface area contributed by atoms with E-state index in [0.717, 1.165) is 61.9 Å². The Labute approximate surface area is 155 Å². The van der Waals surface area contributed by atoms with Crippen LogP contribution in [0.4, 0.5) is 0 Å². The standard InChI is InChI=1S/C20H30N4O2/c1-5-12-24-15(2)21-22-19(24)14-23-13-6-7-18(23)20(3,25)16-8-10-17(26-4)11-9-16/h8-11,18,25H,5-7,12-14H2,1-4H3/t18-,20-/m1/s1. The highest BCUT2D eigenvalue weighted by Gasteiger charge is 2.41. The molecule has 0 amide bonds. The molecule has 0 unspecified atom stereocenters. The molecule has 1 aliphatic heterocycles. The molecule has 1 aromatic carbocycles. The van der Waals surface area contributed by atoms with Crippen LogP contribution in [-0.4, -0.2) is 44.5 Å². The van der Waals surface area contributed by atoms with E-state index in [0.29, 0.717) is 0 Å². The molecule has 1 fully saturated rings. The van der Waals surface area contributed by atoms with Crippen molar-refractivity contribution in [2.45, 2.75) is 64.8 Å². The Hall–Kier alpha value is -1.92. The minimum atomic E-state index is -0.923. The van der Waals surface area contributed by atoms with Gasteiger partial charge < -0.3 is 14.4 Å². The number of aromatic nitrogens is 3. The summed E-state index contributed by atoms with van der Waals surface area (Å²) in [6.45, 7) is 8.70. The van der Waals surface area contributed by atoms with Crippen molar-refractivity contribution in [3.8, 4) is 5.75 Å². The minimum absolute atomic E-state index is 0.0583. The molecule has 0 saturated carbocycles. The summed E-state index contributed by atoms with van der Waals surface area (Å²) in [5, 5.41) is 20.0. The summed E-state index contributed by atoms with van der Waals surface area (Å²) >= 11 is 0. The van der Waals surface area contributed by atoms with Crippen LogP contribution in [0.2, 0.25) is 0 Å². The van der Waals surface area contributed by atoms with E-state index in [1.807, 2.05) is 38.1 Å². The highest BCUT2D eigenvalue weighted by atomic mass is 16.5. The predicted octanol–water partition coefficient (Wildman–Crippen LogP) is 2.88. The molecule has 2 atom stereocenters. The Morgan fingerprint density at radius 1 is 1.27 bits per heavy atom. The number of hydrogen-bond acceptors (Lipinski definition) is 5. The van der Waals surface area contributed by atoms with Gasteiger partial charge in [0.25, 0.3) is 0 Å². The van der Waals surface area contributed by atoms with Gasteiger partial charge in [-0.25, -0.2) is 0 Å². The third kappa shape index (κ3) is 3.62. The van der Waals surface area contributed by atoms with Crippen LogP contribution >= 0.6 is 0 Å². The Morgan fingerprint density at radius 3 is 2.65 bits per heavy atom. The normalized spacial score (nSPS) is 20.3. The summed E-state index contributed by atoms with van der Waals surface area (Å²) in [6, 6.07) is 7.79. The van der Waals surface area contributed by atoms with Crippen LogP contribution < -0.4 is 4.74 Å². The molecule has 0 spiro atoms. The van der Waals surface area contributed by atoms with E-state index in [4.69, 9.17) is 4.74 Å². The number of ether oxygens (including phenoxy) is 1. The predicted molar refractivity (Wildman–Crippen MR) is 101 cm³/mol. The number of benzene rings is 1. The lowest BCUT2D eigenvalue weighted by atomic mass is 9.86. The number of aryl methyl sites for hydroxylation is 1. The summed E-state index contributed by atoms with van der Waals surface area (Å²) < 4.78 is 7.43. The average Bonchev–Trinajstić information content (AvgIpc) is 3.24. The van der Waals surface area contributed by atoms with Gasteiger partial charge in [0.15, 0.2) is 0 Å². The largest absolute Gasteiger partial charge is 0.497 e. The number of hydrogen-bond donors (Lipinski definition) is 1. The molecule has 1 aliphatic rings. The number of aliphatic hydroxyl groups is 1. The van der Waals surface area contributed by atoms with Gasteiger partial charge in [0.05, 0.1) is 13.7 Å². The van der Waals surface area contributed by atoms with Crippen LogP contribution in [0.5, 0.6) is 5.75 Å². The maximum absolute atomic E-state index is 11.4. The Bertz CT molecular complexity index is 724. The lowest BCUT2D eigenvalue weighted by molar-refractivity contribution is -0.0264. The van der Waals surface area contributed by atoms with Crippen molar-refractivity contribution in [2.24, 2.45) is 0 Å². The van der Waals surface area contributed by atoms with Gasteiger partial charge in [0.2, 0.25) is 0 Å². The first-order valence-corrected chi connectivity index (χ1v) is 9.47. The monoisotopic (exact) mass is 358 g/mol. The van der Waals surface area contributed by atoms with Crippen molar-refractivity contribution in [2.75, 3.05) is 13.7 Å². The smallest absolute Gasteiger partial charge is 0.147 e. The van der Waals surface area contributed by atoms with E-state index < -0.39 is 5.60 Å². The molecule has 0 bridgehead atoms. The van der Waals surface area contributed by atoms with E-state index >= 15 is 0 Å². The molecule has 6 nitrogen and oxygen atoms in total. The first-order valence-electron chi connectivity index (χ1n) is 9.47. The van der Waals surface area contributed by atoms with Crippen LogP contribution in [0.25, 0.3) is 0 Å². The zero-order valence-corrected chi connectivity index (χ0v) is 16.3. The van der Waals surface area contributed by atoms with Crippen molar-refractivity contribution in [3.05, 3.63) is 41.5 Å². The first kappa shape index (κ1) is 18.9. The summed E-state index contributed by atoms with van der Waals surface area (Å²) in [4.78, 5) is 2.35.